The monoisotopic (exact) mass is 267 g/mol. The Bertz CT molecular complexity index is 591. The van der Waals surface area contributed by atoms with Crippen LogP contribution in [-0.2, 0) is 11.8 Å². The Labute approximate surface area is 110 Å². The van der Waals surface area contributed by atoms with E-state index in [1.165, 1.54) is 21.0 Å². The van der Waals surface area contributed by atoms with Crippen molar-refractivity contribution in [2.75, 3.05) is 7.05 Å². The minimum absolute atomic E-state index is 0.0365. The van der Waals surface area contributed by atoms with E-state index in [0.29, 0.717) is 11.3 Å². The molecule has 1 atom stereocenters. The number of aryl methyl sites for hydroxylation is 2. The fourth-order valence-corrected chi connectivity index (χ4v) is 1.62. The Hall–Kier alpha value is -2.18. The number of carbonyl (C=O) groups is 2. The van der Waals surface area contributed by atoms with Crippen LogP contribution < -0.4 is 5.56 Å². The van der Waals surface area contributed by atoms with Gasteiger partial charge in [-0.1, -0.05) is 0 Å². The lowest BCUT2D eigenvalue weighted by molar-refractivity contribution is -0.141. The Kier molecular flexibility index (Phi) is 4.08. The van der Waals surface area contributed by atoms with Gasteiger partial charge in [-0.3, -0.25) is 9.59 Å². The number of rotatable bonds is 3. The number of aliphatic carboxylic acids is 1. The molecule has 0 saturated heterocycles. The third-order valence-corrected chi connectivity index (χ3v) is 3.20. The number of aromatic nitrogens is 2. The maximum atomic E-state index is 12.3. The number of hydrogen-bond acceptors (Lipinski definition) is 4. The Morgan fingerprint density at radius 2 is 1.89 bits per heavy atom. The van der Waals surface area contributed by atoms with Gasteiger partial charge in [0.1, 0.15) is 11.6 Å². The first kappa shape index (κ1) is 14.9. The topological polar surface area (TPSA) is 92.5 Å². The maximum absolute atomic E-state index is 12.3. The van der Waals surface area contributed by atoms with Crippen molar-refractivity contribution in [3.63, 3.8) is 0 Å². The van der Waals surface area contributed by atoms with E-state index in [1.807, 2.05) is 0 Å². The van der Waals surface area contributed by atoms with Crippen LogP contribution in [0.1, 0.15) is 28.5 Å². The molecule has 1 amide bonds. The second-order valence-electron chi connectivity index (χ2n) is 4.44. The van der Waals surface area contributed by atoms with Crippen LogP contribution in [0.3, 0.4) is 0 Å². The number of carboxylic acid groups (broad SMARTS) is 1. The highest BCUT2D eigenvalue weighted by Gasteiger charge is 2.27. The van der Waals surface area contributed by atoms with Gasteiger partial charge >= 0.3 is 5.97 Å². The molecule has 1 unspecified atom stereocenters. The molecule has 0 spiro atoms. The molecular formula is C12H17N3O4. The lowest BCUT2D eigenvalue weighted by Gasteiger charge is -2.22. The van der Waals surface area contributed by atoms with E-state index in [4.69, 9.17) is 5.11 Å². The normalized spacial score (nSPS) is 12.1. The van der Waals surface area contributed by atoms with Gasteiger partial charge in [0.2, 0.25) is 0 Å². The summed E-state index contributed by atoms with van der Waals surface area (Å²) in [5.74, 6) is -1.74. The first-order chi connectivity index (χ1) is 8.68. The summed E-state index contributed by atoms with van der Waals surface area (Å²) >= 11 is 0. The van der Waals surface area contributed by atoms with E-state index in [9.17, 15) is 14.4 Å². The summed E-state index contributed by atoms with van der Waals surface area (Å²) in [5.41, 5.74) is 0.461. The molecule has 0 saturated carbocycles. The van der Waals surface area contributed by atoms with Crippen molar-refractivity contribution in [2.45, 2.75) is 26.8 Å². The molecular weight excluding hydrogens is 250 g/mol. The van der Waals surface area contributed by atoms with Crippen LogP contribution in [-0.4, -0.2) is 44.8 Å². The third-order valence-electron chi connectivity index (χ3n) is 3.20. The molecule has 104 valence electrons. The van der Waals surface area contributed by atoms with Gasteiger partial charge in [0.05, 0.1) is 5.69 Å². The molecule has 19 heavy (non-hydrogen) atoms. The Balaban J connectivity index is 3.35. The predicted octanol–water partition coefficient (Wildman–Crippen LogP) is -0.0578. The van der Waals surface area contributed by atoms with Crippen LogP contribution in [0.5, 0.6) is 0 Å². The molecule has 7 heteroatoms. The van der Waals surface area contributed by atoms with Crippen LogP contribution >= 0.6 is 0 Å². The van der Waals surface area contributed by atoms with Crippen molar-refractivity contribution in [2.24, 2.45) is 7.05 Å². The SMILES string of the molecule is Cc1nn(C)c(=O)c(C(=O)N(C)C(C)C(=O)O)c1C. The summed E-state index contributed by atoms with van der Waals surface area (Å²) in [7, 11) is 2.81. The number of hydrogen-bond donors (Lipinski definition) is 1. The van der Waals surface area contributed by atoms with Gasteiger partial charge in [-0.2, -0.15) is 5.10 Å². The minimum atomic E-state index is -1.13. The lowest BCUT2D eigenvalue weighted by atomic mass is 10.1. The summed E-state index contributed by atoms with van der Waals surface area (Å²) < 4.78 is 1.08. The second-order valence-corrected chi connectivity index (χ2v) is 4.44. The quantitative estimate of drug-likeness (QED) is 0.828. The zero-order valence-electron chi connectivity index (χ0n) is 11.6. The van der Waals surface area contributed by atoms with Crippen molar-refractivity contribution in [1.29, 1.82) is 0 Å². The van der Waals surface area contributed by atoms with E-state index >= 15 is 0 Å². The fourth-order valence-electron chi connectivity index (χ4n) is 1.62. The molecule has 0 bridgehead atoms. The molecule has 0 aromatic carbocycles. The second kappa shape index (κ2) is 5.21. The number of carbonyl (C=O) groups excluding carboxylic acids is 1. The van der Waals surface area contributed by atoms with Crippen LogP contribution in [0.25, 0.3) is 0 Å². The van der Waals surface area contributed by atoms with Crippen LogP contribution in [0.4, 0.5) is 0 Å². The summed E-state index contributed by atoms with van der Waals surface area (Å²) in [6.45, 7) is 4.69. The molecule has 1 N–H and O–H groups in total. The van der Waals surface area contributed by atoms with E-state index in [1.54, 1.807) is 13.8 Å². The largest absolute Gasteiger partial charge is 0.480 e. The summed E-state index contributed by atoms with van der Waals surface area (Å²) in [4.78, 5) is 36.2. The summed E-state index contributed by atoms with van der Waals surface area (Å²) in [6, 6.07) is -1.01. The van der Waals surface area contributed by atoms with Crippen molar-refractivity contribution in [3.8, 4) is 0 Å². The molecule has 1 heterocycles. The van der Waals surface area contributed by atoms with Gasteiger partial charge in [0.25, 0.3) is 11.5 Å². The molecule has 0 fully saturated rings. The first-order valence-corrected chi connectivity index (χ1v) is 5.73. The maximum Gasteiger partial charge on any atom is 0.326 e. The van der Waals surface area contributed by atoms with Gasteiger partial charge in [-0.15, -0.1) is 0 Å². The fraction of sp³-hybridized carbons (Fsp3) is 0.500. The van der Waals surface area contributed by atoms with E-state index in [-0.39, 0.29) is 5.56 Å². The van der Waals surface area contributed by atoms with Gasteiger partial charge in [-0.05, 0) is 26.3 Å². The highest BCUT2D eigenvalue weighted by Crippen LogP contribution is 2.10. The minimum Gasteiger partial charge on any atom is -0.480 e. The number of nitrogens with zero attached hydrogens (tertiary/aromatic N) is 3. The van der Waals surface area contributed by atoms with Crippen molar-refractivity contribution < 1.29 is 14.7 Å². The van der Waals surface area contributed by atoms with Gasteiger partial charge < -0.3 is 10.0 Å². The average Bonchev–Trinajstić information content (AvgIpc) is 2.34. The van der Waals surface area contributed by atoms with Crippen LogP contribution in [0, 0.1) is 13.8 Å². The lowest BCUT2D eigenvalue weighted by Crippen LogP contribution is -2.43. The molecule has 1 aromatic heterocycles. The Morgan fingerprint density at radius 3 is 2.37 bits per heavy atom. The molecule has 0 aliphatic rings. The van der Waals surface area contributed by atoms with Gasteiger partial charge in [-0.25, -0.2) is 9.48 Å². The number of likely N-dealkylation sites (N-methyl/N-ethyl adjacent to an activating group) is 1. The van der Waals surface area contributed by atoms with Crippen LogP contribution in [0.2, 0.25) is 0 Å². The van der Waals surface area contributed by atoms with Gasteiger partial charge in [0.15, 0.2) is 0 Å². The summed E-state index contributed by atoms with van der Waals surface area (Å²) in [5, 5.41) is 12.9. The zero-order valence-corrected chi connectivity index (χ0v) is 11.6. The third kappa shape index (κ3) is 2.64. The average molecular weight is 267 g/mol. The molecule has 0 radical (unpaired) electrons. The standard InChI is InChI=1S/C12H17N3O4/c1-6-7(2)13-15(5)11(17)9(6)10(16)14(4)8(3)12(18)19/h8H,1-5H3,(H,18,19). The number of amides is 1. The summed E-state index contributed by atoms with van der Waals surface area (Å²) in [6.07, 6.45) is 0. The highest BCUT2D eigenvalue weighted by atomic mass is 16.4. The van der Waals surface area contributed by atoms with Crippen molar-refractivity contribution in [1.82, 2.24) is 14.7 Å². The van der Waals surface area contributed by atoms with Crippen LogP contribution in [0.15, 0.2) is 4.79 Å². The predicted molar refractivity (Wildman–Crippen MR) is 68.1 cm³/mol. The molecule has 7 nitrogen and oxygen atoms in total. The van der Waals surface area contributed by atoms with E-state index < -0.39 is 23.5 Å². The van der Waals surface area contributed by atoms with E-state index in [2.05, 4.69) is 5.10 Å². The smallest absolute Gasteiger partial charge is 0.326 e. The van der Waals surface area contributed by atoms with E-state index in [0.717, 1.165) is 9.58 Å². The molecule has 1 aromatic rings. The number of carboxylic acids is 1. The molecule has 0 aliphatic heterocycles. The zero-order chi connectivity index (χ0) is 14.9. The van der Waals surface area contributed by atoms with Crippen molar-refractivity contribution in [3.05, 3.63) is 27.2 Å². The molecule has 1 rings (SSSR count). The Morgan fingerprint density at radius 1 is 1.37 bits per heavy atom. The molecule has 0 aliphatic carbocycles. The highest BCUT2D eigenvalue weighted by molar-refractivity contribution is 5.97. The van der Waals surface area contributed by atoms with Gasteiger partial charge in [0, 0.05) is 14.1 Å². The van der Waals surface area contributed by atoms with Crippen molar-refractivity contribution >= 4 is 11.9 Å². The first-order valence-electron chi connectivity index (χ1n) is 5.73.